The Hall–Kier alpha value is -0.670. The molecule has 102 valence electrons. The smallest absolute Gasteiger partial charge is 0.0529 e. The molecule has 0 radical (unpaired) electrons. The van der Waals surface area contributed by atoms with E-state index in [0.717, 1.165) is 30.0 Å². The van der Waals surface area contributed by atoms with Crippen LogP contribution in [0.2, 0.25) is 0 Å². The van der Waals surface area contributed by atoms with Crippen molar-refractivity contribution in [3.05, 3.63) is 30.3 Å². The summed E-state index contributed by atoms with van der Waals surface area (Å²) >= 11 is 0. The molecule has 1 rings (SSSR count). The predicted octanol–water partition coefficient (Wildman–Crippen LogP) is 3.35. The van der Waals surface area contributed by atoms with Gasteiger partial charge in [-0.2, -0.15) is 0 Å². The van der Waals surface area contributed by atoms with E-state index in [2.05, 4.69) is 19.2 Å². The van der Waals surface area contributed by atoms with Crippen LogP contribution in [0.1, 0.15) is 39.5 Å². The average Bonchev–Trinajstić information content (AvgIpc) is 2.42. The molecule has 0 heterocycles. The molecule has 0 aliphatic carbocycles. The molecule has 2 unspecified atom stereocenters. The van der Waals surface area contributed by atoms with Crippen LogP contribution in [-0.4, -0.2) is 22.5 Å². The van der Waals surface area contributed by atoms with Crippen molar-refractivity contribution >= 4 is 10.8 Å². The molecule has 0 saturated carbocycles. The zero-order chi connectivity index (χ0) is 13.2. The summed E-state index contributed by atoms with van der Waals surface area (Å²) in [4.78, 5) is 0.953. The third kappa shape index (κ3) is 6.31. The Balaban J connectivity index is 2.13. The average molecular weight is 267 g/mol. The van der Waals surface area contributed by atoms with E-state index < -0.39 is 10.8 Å². The van der Waals surface area contributed by atoms with E-state index in [0.29, 0.717) is 6.04 Å². The number of benzene rings is 1. The summed E-state index contributed by atoms with van der Waals surface area (Å²) in [5.74, 6) is 0.782. The third-order valence-electron chi connectivity index (χ3n) is 2.97. The van der Waals surface area contributed by atoms with Crippen LogP contribution in [0.15, 0.2) is 35.2 Å². The topological polar surface area (TPSA) is 29.1 Å². The highest BCUT2D eigenvalue weighted by Crippen LogP contribution is 2.09. The molecule has 2 nitrogen and oxygen atoms in total. The van der Waals surface area contributed by atoms with Gasteiger partial charge in [-0.25, -0.2) is 0 Å². The van der Waals surface area contributed by atoms with Gasteiger partial charge in [0.2, 0.25) is 0 Å². The second-order valence-electron chi connectivity index (χ2n) is 4.71. The summed E-state index contributed by atoms with van der Waals surface area (Å²) in [6.07, 6.45) is 4.55. The van der Waals surface area contributed by atoms with Crippen LogP contribution in [0, 0.1) is 0 Å². The van der Waals surface area contributed by atoms with E-state index >= 15 is 0 Å². The van der Waals surface area contributed by atoms with Gasteiger partial charge in [-0.15, -0.1) is 0 Å². The van der Waals surface area contributed by atoms with Gasteiger partial charge in [0.15, 0.2) is 0 Å². The van der Waals surface area contributed by atoms with Gasteiger partial charge in [-0.3, -0.25) is 4.21 Å². The number of unbranched alkanes of at least 4 members (excludes halogenated alkanes) is 1. The van der Waals surface area contributed by atoms with Crippen molar-refractivity contribution in [1.82, 2.24) is 5.32 Å². The Morgan fingerprint density at radius 1 is 1.22 bits per heavy atom. The minimum atomic E-state index is -0.824. The van der Waals surface area contributed by atoms with Crippen LogP contribution in [-0.2, 0) is 10.8 Å². The fourth-order valence-electron chi connectivity index (χ4n) is 1.87. The van der Waals surface area contributed by atoms with Gasteiger partial charge in [-0.05, 0) is 44.9 Å². The predicted molar refractivity (Wildman–Crippen MR) is 79.3 cm³/mol. The molecule has 0 fully saturated rings. The van der Waals surface area contributed by atoms with Crippen molar-refractivity contribution in [2.45, 2.75) is 50.5 Å². The van der Waals surface area contributed by atoms with E-state index in [1.807, 2.05) is 30.3 Å². The van der Waals surface area contributed by atoms with Gasteiger partial charge in [0.25, 0.3) is 0 Å². The number of nitrogens with one attached hydrogen (secondary N) is 1. The molecular weight excluding hydrogens is 242 g/mol. The molecule has 0 amide bonds. The Kier molecular flexibility index (Phi) is 7.94. The van der Waals surface area contributed by atoms with Gasteiger partial charge >= 0.3 is 0 Å². The lowest BCUT2D eigenvalue weighted by Gasteiger charge is -2.12. The highest BCUT2D eigenvalue weighted by Gasteiger charge is 2.04. The minimum absolute atomic E-state index is 0.579. The molecule has 3 heteroatoms. The van der Waals surface area contributed by atoms with Gasteiger partial charge in [-0.1, -0.05) is 31.5 Å². The van der Waals surface area contributed by atoms with Crippen LogP contribution >= 0.6 is 0 Å². The van der Waals surface area contributed by atoms with Gasteiger partial charge < -0.3 is 5.32 Å². The number of rotatable bonds is 9. The lowest BCUT2D eigenvalue weighted by molar-refractivity contribution is 0.495. The monoisotopic (exact) mass is 267 g/mol. The fourth-order valence-corrected chi connectivity index (χ4v) is 3.03. The molecule has 1 aromatic rings. The largest absolute Gasteiger partial charge is 0.314 e. The van der Waals surface area contributed by atoms with E-state index in [9.17, 15) is 4.21 Å². The standard InChI is InChI=1S/C15H25NOS/c1-3-12-16-14(2)9-7-8-13-18(17)15-10-5-4-6-11-15/h4-6,10-11,14,16H,3,7-9,12-13H2,1-2H3. The highest BCUT2D eigenvalue weighted by atomic mass is 32.2. The van der Waals surface area contributed by atoms with Crippen LogP contribution in [0.3, 0.4) is 0 Å². The summed E-state index contributed by atoms with van der Waals surface area (Å²) in [5.41, 5.74) is 0. The van der Waals surface area contributed by atoms with E-state index in [1.165, 1.54) is 12.8 Å². The first kappa shape index (κ1) is 15.4. The van der Waals surface area contributed by atoms with Crippen molar-refractivity contribution < 1.29 is 4.21 Å². The SMILES string of the molecule is CCCNC(C)CCCCS(=O)c1ccccc1. The molecule has 0 saturated heterocycles. The molecule has 18 heavy (non-hydrogen) atoms. The molecule has 0 aromatic heterocycles. The maximum absolute atomic E-state index is 12.0. The van der Waals surface area contributed by atoms with Crippen molar-refractivity contribution in [1.29, 1.82) is 0 Å². The molecule has 0 bridgehead atoms. The lowest BCUT2D eigenvalue weighted by atomic mass is 10.1. The van der Waals surface area contributed by atoms with Crippen molar-refractivity contribution in [3.8, 4) is 0 Å². The van der Waals surface area contributed by atoms with Crippen LogP contribution in [0.25, 0.3) is 0 Å². The maximum atomic E-state index is 12.0. The van der Waals surface area contributed by atoms with Crippen LogP contribution < -0.4 is 5.32 Å². The summed E-state index contributed by atoms with van der Waals surface area (Å²) < 4.78 is 12.0. The molecule has 2 atom stereocenters. The molecular formula is C15H25NOS. The molecule has 1 N–H and O–H groups in total. The van der Waals surface area contributed by atoms with Crippen LogP contribution in [0.4, 0.5) is 0 Å². The Morgan fingerprint density at radius 3 is 2.61 bits per heavy atom. The third-order valence-corrected chi connectivity index (χ3v) is 4.42. The first-order valence-corrected chi connectivity index (χ1v) is 8.22. The molecule has 0 aliphatic heterocycles. The van der Waals surface area contributed by atoms with Crippen molar-refractivity contribution in [3.63, 3.8) is 0 Å². The number of hydrogen-bond donors (Lipinski definition) is 1. The van der Waals surface area contributed by atoms with E-state index in [-0.39, 0.29) is 0 Å². The second-order valence-corrected chi connectivity index (χ2v) is 6.28. The highest BCUT2D eigenvalue weighted by molar-refractivity contribution is 7.85. The van der Waals surface area contributed by atoms with Gasteiger partial charge in [0.05, 0.1) is 10.8 Å². The zero-order valence-electron chi connectivity index (χ0n) is 11.5. The van der Waals surface area contributed by atoms with E-state index in [4.69, 9.17) is 0 Å². The summed E-state index contributed by atoms with van der Waals surface area (Å²) in [6, 6.07) is 10.3. The summed E-state index contributed by atoms with van der Waals surface area (Å²) in [7, 11) is -0.824. The van der Waals surface area contributed by atoms with E-state index in [1.54, 1.807) is 0 Å². The first-order chi connectivity index (χ1) is 8.74. The normalized spacial score (nSPS) is 14.3. The number of hydrogen-bond acceptors (Lipinski definition) is 2. The Bertz CT molecular complexity index is 340. The van der Waals surface area contributed by atoms with Gasteiger partial charge in [0, 0.05) is 16.7 Å². The zero-order valence-corrected chi connectivity index (χ0v) is 12.3. The quantitative estimate of drug-likeness (QED) is 0.695. The molecule has 0 aliphatic rings. The molecule has 1 aromatic carbocycles. The van der Waals surface area contributed by atoms with Crippen molar-refractivity contribution in [2.24, 2.45) is 0 Å². The van der Waals surface area contributed by atoms with Gasteiger partial charge in [0.1, 0.15) is 0 Å². The lowest BCUT2D eigenvalue weighted by Crippen LogP contribution is -2.26. The molecule has 0 spiro atoms. The summed E-state index contributed by atoms with van der Waals surface area (Å²) in [5, 5.41) is 3.48. The minimum Gasteiger partial charge on any atom is -0.314 e. The Labute approximate surface area is 114 Å². The van der Waals surface area contributed by atoms with Crippen molar-refractivity contribution in [2.75, 3.05) is 12.3 Å². The first-order valence-electron chi connectivity index (χ1n) is 6.91. The summed E-state index contributed by atoms with van der Waals surface area (Å²) in [6.45, 7) is 5.50. The Morgan fingerprint density at radius 2 is 1.94 bits per heavy atom. The maximum Gasteiger partial charge on any atom is 0.0529 e. The van der Waals surface area contributed by atoms with Crippen LogP contribution in [0.5, 0.6) is 0 Å². The second kappa shape index (κ2) is 9.29. The fraction of sp³-hybridized carbons (Fsp3) is 0.600.